The third-order valence-electron chi connectivity index (χ3n) is 9.39. The number of nitrogens with two attached hydrogens (primary N) is 3. The van der Waals surface area contributed by atoms with Crippen LogP contribution in [0.2, 0.25) is 0 Å². The largest absolute Gasteiger partial charge is 0.485 e. The number of amides is 2. The first-order valence-corrected chi connectivity index (χ1v) is 15.8. The number of amidine groups is 1. The number of hydrogen-bond donors (Lipinski definition) is 6. The van der Waals surface area contributed by atoms with E-state index in [1.54, 1.807) is 26.0 Å². The molecule has 1 aromatic carbocycles. The lowest BCUT2D eigenvalue weighted by atomic mass is 9.55. The van der Waals surface area contributed by atoms with Gasteiger partial charge in [-0.1, -0.05) is 5.16 Å². The zero-order chi connectivity index (χ0) is 32.4. The molecule has 2 aliphatic heterocycles. The molecule has 240 valence electrons. The minimum absolute atomic E-state index is 0.0776. The number of thiazole rings is 1. The number of oxime groups is 1. The lowest BCUT2D eigenvalue weighted by Crippen LogP contribution is -2.75. The lowest BCUT2D eigenvalue weighted by Gasteiger charge is -2.56. The summed E-state index contributed by atoms with van der Waals surface area (Å²) in [5.74, 6) is -1.52. The van der Waals surface area contributed by atoms with Gasteiger partial charge in [-0.3, -0.25) is 14.6 Å². The maximum atomic E-state index is 13.3. The lowest BCUT2D eigenvalue weighted by molar-refractivity contribution is -0.178. The topological polar surface area (TPSA) is 230 Å². The summed E-state index contributed by atoms with van der Waals surface area (Å²) >= 11 is 1.07. The average molecular weight is 639 g/mol. The molecule has 3 heterocycles. The van der Waals surface area contributed by atoms with Crippen molar-refractivity contribution in [1.82, 2.24) is 15.6 Å². The highest BCUT2D eigenvalue weighted by molar-refractivity contribution is 7.13. The molecule has 0 unspecified atom stereocenters. The molecule has 5 aliphatic rings. The molecule has 2 aromatic rings. The molecule has 15 heteroatoms. The quantitative estimate of drug-likeness (QED) is 0.0994. The Morgan fingerprint density at radius 2 is 2.04 bits per heavy atom. The van der Waals surface area contributed by atoms with E-state index in [-0.39, 0.29) is 39.9 Å². The van der Waals surface area contributed by atoms with Crippen LogP contribution in [-0.4, -0.2) is 73.8 Å². The smallest absolute Gasteiger partial charge is 0.354 e. The number of nitrogens with one attached hydrogen (secondary N) is 2. The van der Waals surface area contributed by atoms with Crippen LogP contribution in [0.4, 0.5) is 5.13 Å². The van der Waals surface area contributed by atoms with Crippen LogP contribution in [0.25, 0.3) is 0 Å². The number of fused-ring (bicyclic) bond motifs is 3. The average Bonchev–Trinajstić information content (AvgIpc) is 3.39. The van der Waals surface area contributed by atoms with Gasteiger partial charge in [0.1, 0.15) is 23.3 Å². The first-order valence-electron chi connectivity index (χ1n) is 14.9. The van der Waals surface area contributed by atoms with E-state index in [1.807, 2.05) is 6.07 Å². The maximum Gasteiger partial charge on any atom is 0.354 e. The Bertz CT molecular complexity index is 1630. The fourth-order valence-corrected chi connectivity index (χ4v) is 7.45. The number of carbonyl (C=O) groups excluding carboxylic acids is 2. The number of nitrogen functional groups attached to an aromatic ring is 1. The van der Waals surface area contributed by atoms with Crippen molar-refractivity contribution in [3.8, 4) is 5.75 Å². The van der Waals surface area contributed by atoms with Gasteiger partial charge in [0.05, 0.1) is 11.1 Å². The highest BCUT2D eigenvalue weighted by Crippen LogP contribution is 2.53. The normalized spacial score (nSPS) is 29.9. The van der Waals surface area contributed by atoms with Gasteiger partial charge in [-0.05, 0) is 89.5 Å². The molecule has 14 nitrogen and oxygen atoms in total. The number of rotatable bonds is 9. The van der Waals surface area contributed by atoms with Gasteiger partial charge in [0.25, 0.3) is 11.5 Å². The van der Waals surface area contributed by atoms with E-state index in [2.05, 4.69) is 20.8 Å². The number of nitrogens with zero attached hydrogens (tertiary/aromatic N) is 3. The number of anilines is 1. The molecule has 45 heavy (non-hydrogen) atoms. The number of carbonyl (C=O) groups is 3. The Morgan fingerprint density at radius 1 is 1.29 bits per heavy atom. The summed E-state index contributed by atoms with van der Waals surface area (Å²) in [6.07, 6.45) is 4.55. The van der Waals surface area contributed by atoms with Crippen LogP contribution in [0.15, 0.2) is 33.7 Å². The number of carboxylic acid groups (broad SMARTS) is 1. The van der Waals surface area contributed by atoms with Gasteiger partial charge in [0.15, 0.2) is 16.9 Å². The van der Waals surface area contributed by atoms with Gasteiger partial charge >= 0.3 is 5.97 Å². The van der Waals surface area contributed by atoms with Gasteiger partial charge in [-0.15, -0.1) is 11.3 Å². The number of β-lactam (4-membered cyclic amide) rings is 1. The van der Waals surface area contributed by atoms with Crippen molar-refractivity contribution in [2.75, 3.05) is 5.73 Å². The second-order valence-electron chi connectivity index (χ2n) is 13.4. The van der Waals surface area contributed by atoms with Crippen molar-refractivity contribution < 1.29 is 29.1 Å². The number of carboxylic acids is 1. The second kappa shape index (κ2) is 10.7. The molecule has 1 aromatic heterocycles. The summed E-state index contributed by atoms with van der Waals surface area (Å²) in [6, 6.07) is 4.64. The van der Waals surface area contributed by atoms with Crippen LogP contribution >= 0.6 is 11.3 Å². The molecule has 1 saturated heterocycles. The zero-order valence-electron chi connectivity index (χ0n) is 25.4. The Labute approximate surface area is 263 Å². The minimum atomic E-state index is -1.99. The summed E-state index contributed by atoms with van der Waals surface area (Å²) in [4.78, 5) is 52.6. The van der Waals surface area contributed by atoms with Gasteiger partial charge in [0, 0.05) is 16.5 Å². The Morgan fingerprint density at radius 3 is 2.67 bits per heavy atom. The van der Waals surface area contributed by atoms with Crippen molar-refractivity contribution in [2.24, 2.45) is 21.6 Å². The molecule has 3 aliphatic carbocycles. The molecule has 3 atom stereocenters. The number of aliphatic carboxylic acids is 1. The van der Waals surface area contributed by atoms with E-state index in [0.29, 0.717) is 18.0 Å². The number of benzene rings is 1. The second-order valence-corrected chi connectivity index (χ2v) is 14.3. The van der Waals surface area contributed by atoms with Crippen LogP contribution in [-0.2, 0) is 25.6 Å². The van der Waals surface area contributed by atoms with E-state index < -0.39 is 35.2 Å². The zero-order valence-corrected chi connectivity index (χ0v) is 26.2. The van der Waals surface area contributed by atoms with Crippen molar-refractivity contribution >= 4 is 45.8 Å². The van der Waals surface area contributed by atoms with Crippen molar-refractivity contribution in [3.63, 3.8) is 0 Å². The highest BCUT2D eigenvalue weighted by atomic mass is 32.1. The standard InChI is InChI=1S/C30H38N8O6S/c1-27(2)21(24(40)37-27)35-23(39)20(17-12-45-26(32)34-17)38-44-28(3,25(41)42)19-8-6-15-11-16(5-7-18(15)43-19)22(31)36-30-10-4-9-29(33,13-30)14-30/h5,7,11-12,19,21H,4,6,8-10,13-14,33H2,1-3H3,(H2,31,36)(H2,32,34)(H,35,39)(H,37,40)(H,41,42)/b38-20-/t19-,21-,28+,29?,30?/m1/s1. The molecule has 2 amide bonds. The van der Waals surface area contributed by atoms with Gasteiger partial charge in [0.2, 0.25) is 5.91 Å². The van der Waals surface area contributed by atoms with Crippen LogP contribution < -0.4 is 32.6 Å². The molecule has 7 rings (SSSR count). The third-order valence-corrected chi connectivity index (χ3v) is 10.1. The predicted molar refractivity (Wildman–Crippen MR) is 167 cm³/mol. The van der Waals surface area contributed by atoms with E-state index in [1.165, 1.54) is 12.3 Å². The molecule has 4 fully saturated rings. The predicted octanol–water partition coefficient (Wildman–Crippen LogP) is 1.20. The fraction of sp³-hybridized carbons (Fsp3) is 0.533. The Balaban J connectivity index is 1.20. The van der Waals surface area contributed by atoms with Crippen LogP contribution in [0.1, 0.15) is 76.1 Å². The first kappa shape index (κ1) is 30.8. The summed E-state index contributed by atoms with van der Waals surface area (Å²) in [7, 11) is 0. The SMILES string of the molecule is CC1(C)NC(=O)[C@H]1NC(=O)/C(=N\O[C@](C)(C(=O)O)[C@H]1CCc2cc(C(N)=NC34CCCC(N)(C3)C4)ccc2O1)c1csc(N)n1. The third kappa shape index (κ3) is 5.58. The van der Waals surface area contributed by atoms with Gasteiger partial charge < -0.3 is 42.5 Å². The van der Waals surface area contributed by atoms with E-state index in [4.69, 9.17) is 31.8 Å². The summed E-state index contributed by atoms with van der Waals surface area (Å²) in [5.41, 5.74) is 17.0. The number of aryl methyl sites for hydroxylation is 1. The highest BCUT2D eigenvalue weighted by Gasteiger charge is 2.55. The summed E-state index contributed by atoms with van der Waals surface area (Å²) < 4.78 is 6.16. The maximum absolute atomic E-state index is 13.3. The number of ether oxygens (including phenoxy) is 1. The van der Waals surface area contributed by atoms with E-state index in [9.17, 15) is 19.5 Å². The fourth-order valence-electron chi connectivity index (χ4n) is 6.91. The Hall–Kier alpha value is -4.24. The number of aromatic nitrogens is 1. The number of hydrogen-bond acceptors (Lipinski definition) is 11. The molecular weight excluding hydrogens is 600 g/mol. The summed E-state index contributed by atoms with van der Waals surface area (Å²) in [6.45, 7) is 4.85. The Kier molecular flexibility index (Phi) is 7.31. The van der Waals surface area contributed by atoms with Crippen molar-refractivity contribution in [2.45, 2.75) is 100 Å². The van der Waals surface area contributed by atoms with Crippen LogP contribution in [0.5, 0.6) is 5.75 Å². The van der Waals surface area contributed by atoms with Crippen molar-refractivity contribution in [3.05, 3.63) is 40.4 Å². The molecule has 0 spiro atoms. The number of aliphatic imine (C=N–C) groups is 1. The molecule has 9 N–H and O–H groups in total. The van der Waals surface area contributed by atoms with Crippen molar-refractivity contribution in [1.29, 1.82) is 0 Å². The van der Waals surface area contributed by atoms with Gasteiger partial charge in [-0.2, -0.15) is 0 Å². The minimum Gasteiger partial charge on any atom is -0.485 e. The van der Waals surface area contributed by atoms with Crippen LogP contribution in [0, 0.1) is 0 Å². The van der Waals surface area contributed by atoms with E-state index >= 15 is 0 Å². The molecule has 0 radical (unpaired) electrons. The van der Waals surface area contributed by atoms with Crippen LogP contribution in [0.3, 0.4) is 0 Å². The van der Waals surface area contributed by atoms with Gasteiger partial charge in [-0.25, -0.2) is 9.78 Å². The molecular formula is C30H38N8O6S. The first-order chi connectivity index (χ1) is 21.1. The molecule has 2 bridgehead atoms. The van der Waals surface area contributed by atoms with E-state index in [0.717, 1.165) is 54.6 Å². The monoisotopic (exact) mass is 638 g/mol. The summed E-state index contributed by atoms with van der Waals surface area (Å²) in [5, 5.41) is 21.2. The molecule has 3 saturated carbocycles.